The Morgan fingerprint density at radius 2 is 0.971 bits per heavy atom. The Morgan fingerprint density at radius 1 is 0.647 bits per heavy atom. The van der Waals surface area contributed by atoms with Crippen molar-refractivity contribution in [1.82, 2.24) is 0 Å². The third kappa shape index (κ3) is 6.43. The van der Waals surface area contributed by atoms with Crippen molar-refractivity contribution in [3.63, 3.8) is 0 Å². The standard InChI is InChI=1S/C31H42O3/c1-21-17-25(18-22(2)30(21)33-28-9-5-6-10-28)13-15-27(32)16-14-26-19-23(3)31(24(4)20-26)34-29-11-7-8-12-29/h17-20,28-29H,5-16H2,1-4H3. The topological polar surface area (TPSA) is 35.5 Å². The summed E-state index contributed by atoms with van der Waals surface area (Å²) in [6.07, 6.45) is 13.4. The number of hydrogen-bond donors (Lipinski definition) is 0. The van der Waals surface area contributed by atoms with E-state index in [0.717, 1.165) is 24.3 Å². The van der Waals surface area contributed by atoms with Crippen LogP contribution in [0.3, 0.4) is 0 Å². The molecule has 2 saturated carbocycles. The van der Waals surface area contributed by atoms with E-state index in [1.165, 1.54) is 84.7 Å². The Kier molecular flexibility index (Phi) is 8.34. The van der Waals surface area contributed by atoms with Gasteiger partial charge in [0, 0.05) is 12.8 Å². The lowest BCUT2D eigenvalue weighted by Crippen LogP contribution is -2.13. The van der Waals surface area contributed by atoms with Crippen molar-refractivity contribution < 1.29 is 14.3 Å². The molecule has 0 aliphatic heterocycles. The van der Waals surface area contributed by atoms with Crippen LogP contribution in [0.15, 0.2) is 24.3 Å². The highest BCUT2D eigenvalue weighted by atomic mass is 16.5. The second kappa shape index (κ2) is 11.4. The summed E-state index contributed by atoms with van der Waals surface area (Å²) in [4.78, 5) is 12.7. The summed E-state index contributed by atoms with van der Waals surface area (Å²) >= 11 is 0. The van der Waals surface area contributed by atoms with Gasteiger partial charge in [0.05, 0.1) is 12.2 Å². The highest BCUT2D eigenvalue weighted by Gasteiger charge is 2.20. The SMILES string of the molecule is Cc1cc(CCC(=O)CCc2cc(C)c(OC3CCCC3)c(C)c2)cc(C)c1OC1CCCC1. The quantitative estimate of drug-likeness (QED) is 0.363. The Morgan fingerprint density at radius 3 is 1.29 bits per heavy atom. The molecule has 0 bridgehead atoms. The molecule has 0 aromatic heterocycles. The number of ether oxygens (including phenoxy) is 2. The average molecular weight is 463 g/mol. The van der Waals surface area contributed by atoms with E-state index in [2.05, 4.69) is 52.0 Å². The fraction of sp³-hybridized carbons (Fsp3) is 0.581. The highest BCUT2D eigenvalue weighted by Crippen LogP contribution is 2.32. The largest absolute Gasteiger partial charge is 0.490 e. The lowest BCUT2D eigenvalue weighted by molar-refractivity contribution is -0.119. The molecule has 0 amide bonds. The molecule has 2 aromatic rings. The molecule has 0 spiro atoms. The van der Waals surface area contributed by atoms with Crippen LogP contribution < -0.4 is 9.47 Å². The van der Waals surface area contributed by atoms with Crippen LogP contribution in [0.5, 0.6) is 11.5 Å². The van der Waals surface area contributed by atoms with Gasteiger partial charge in [-0.1, -0.05) is 24.3 Å². The van der Waals surface area contributed by atoms with Crippen molar-refractivity contribution in [2.45, 2.75) is 117 Å². The summed E-state index contributed by atoms with van der Waals surface area (Å²) in [6, 6.07) is 8.83. The summed E-state index contributed by atoms with van der Waals surface area (Å²) in [5.41, 5.74) is 7.25. The summed E-state index contributed by atoms with van der Waals surface area (Å²) in [6.45, 7) is 8.53. The van der Waals surface area contributed by atoms with Gasteiger partial charge in [0.15, 0.2) is 0 Å². The third-order valence-corrected chi connectivity index (χ3v) is 7.60. The maximum absolute atomic E-state index is 12.7. The summed E-state index contributed by atoms with van der Waals surface area (Å²) in [5.74, 6) is 2.43. The van der Waals surface area contributed by atoms with E-state index in [4.69, 9.17) is 9.47 Å². The molecule has 3 nitrogen and oxygen atoms in total. The molecule has 0 saturated heterocycles. The smallest absolute Gasteiger partial charge is 0.133 e. The van der Waals surface area contributed by atoms with Crippen LogP contribution in [-0.4, -0.2) is 18.0 Å². The van der Waals surface area contributed by atoms with Crippen molar-refractivity contribution in [2.75, 3.05) is 0 Å². The monoisotopic (exact) mass is 462 g/mol. The first kappa shape index (κ1) is 24.8. The first-order chi connectivity index (χ1) is 16.4. The summed E-state index contributed by atoms with van der Waals surface area (Å²) < 4.78 is 12.6. The predicted molar refractivity (Wildman–Crippen MR) is 139 cm³/mol. The Balaban J connectivity index is 1.28. The Hall–Kier alpha value is -2.29. The van der Waals surface area contributed by atoms with Crippen LogP contribution in [0.1, 0.15) is 97.6 Å². The first-order valence-electron chi connectivity index (χ1n) is 13.4. The van der Waals surface area contributed by atoms with E-state index in [9.17, 15) is 4.79 Å². The number of ketones is 1. The van der Waals surface area contributed by atoms with Crippen LogP contribution in [0.25, 0.3) is 0 Å². The molecule has 0 radical (unpaired) electrons. The molecule has 2 aromatic carbocycles. The van der Waals surface area contributed by atoms with Crippen LogP contribution in [0, 0.1) is 27.7 Å². The lowest BCUT2D eigenvalue weighted by Gasteiger charge is -2.19. The summed E-state index contributed by atoms with van der Waals surface area (Å²) in [7, 11) is 0. The number of hydrogen-bond acceptors (Lipinski definition) is 3. The zero-order valence-electron chi connectivity index (χ0n) is 21.7. The fourth-order valence-corrected chi connectivity index (χ4v) is 5.78. The number of benzene rings is 2. The van der Waals surface area contributed by atoms with E-state index in [-0.39, 0.29) is 0 Å². The normalized spacial score (nSPS) is 16.8. The van der Waals surface area contributed by atoms with Gasteiger partial charge < -0.3 is 9.47 Å². The van der Waals surface area contributed by atoms with Gasteiger partial charge in [-0.15, -0.1) is 0 Å². The van der Waals surface area contributed by atoms with Crippen molar-refractivity contribution in [3.05, 3.63) is 57.6 Å². The van der Waals surface area contributed by atoms with Gasteiger partial charge in [-0.2, -0.15) is 0 Å². The van der Waals surface area contributed by atoms with Crippen LogP contribution in [-0.2, 0) is 17.6 Å². The zero-order chi connectivity index (χ0) is 24.1. The van der Waals surface area contributed by atoms with E-state index in [1.54, 1.807) is 0 Å². The van der Waals surface area contributed by atoms with Gasteiger partial charge in [-0.05, 0) is 125 Å². The molecule has 0 heterocycles. The van der Waals surface area contributed by atoms with Crippen molar-refractivity contribution in [2.24, 2.45) is 0 Å². The lowest BCUT2D eigenvalue weighted by atomic mass is 9.97. The molecule has 2 aliphatic rings. The van der Waals surface area contributed by atoms with Gasteiger partial charge in [0.2, 0.25) is 0 Å². The molecular formula is C31H42O3. The third-order valence-electron chi connectivity index (χ3n) is 7.60. The molecule has 0 unspecified atom stereocenters. The highest BCUT2D eigenvalue weighted by molar-refractivity contribution is 5.79. The molecule has 34 heavy (non-hydrogen) atoms. The van der Waals surface area contributed by atoms with Crippen molar-refractivity contribution >= 4 is 5.78 Å². The molecule has 4 rings (SSSR count). The number of Topliss-reactive ketones (excluding diaryl/α,β-unsaturated/α-hetero) is 1. The number of aryl methyl sites for hydroxylation is 6. The minimum atomic E-state index is 0.336. The van der Waals surface area contributed by atoms with E-state index < -0.39 is 0 Å². The fourth-order valence-electron chi connectivity index (χ4n) is 5.78. The van der Waals surface area contributed by atoms with Crippen molar-refractivity contribution in [1.29, 1.82) is 0 Å². The number of rotatable bonds is 10. The van der Waals surface area contributed by atoms with Crippen LogP contribution >= 0.6 is 0 Å². The van der Waals surface area contributed by atoms with E-state index in [1.807, 2.05) is 0 Å². The average Bonchev–Trinajstić information content (AvgIpc) is 3.50. The van der Waals surface area contributed by atoms with E-state index in [0.29, 0.717) is 30.8 Å². The van der Waals surface area contributed by atoms with Crippen LogP contribution in [0.4, 0.5) is 0 Å². The molecule has 184 valence electrons. The number of carbonyl (C=O) groups is 1. The minimum Gasteiger partial charge on any atom is -0.490 e. The molecule has 3 heteroatoms. The van der Waals surface area contributed by atoms with E-state index >= 15 is 0 Å². The second-order valence-electron chi connectivity index (χ2n) is 10.7. The van der Waals surface area contributed by atoms with Gasteiger partial charge in [-0.25, -0.2) is 0 Å². The number of carbonyl (C=O) groups excluding carboxylic acids is 1. The molecule has 2 fully saturated rings. The Labute approximate surface area is 206 Å². The van der Waals surface area contributed by atoms with Gasteiger partial charge in [-0.3, -0.25) is 4.79 Å². The Bertz CT molecular complexity index is 868. The molecular weight excluding hydrogens is 420 g/mol. The molecule has 0 N–H and O–H groups in total. The van der Waals surface area contributed by atoms with Gasteiger partial charge >= 0.3 is 0 Å². The maximum atomic E-state index is 12.7. The maximum Gasteiger partial charge on any atom is 0.133 e. The van der Waals surface area contributed by atoms with Gasteiger partial charge in [0.1, 0.15) is 17.3 Å². The first-order valence-corrected chi connectivity index (χ1v) is 13.4. The molecule has 0 atom stereocenters. The second-order valence-corrected chi connectivity index (χ2v) is 10.7. The summed E-state index contributed by atoms with van der Waals surface area (Å²) in [5, 5.41) is 0. The molecule has 2 aliphatic carbocycles. The van der Waals surface area contributed by atoms with Crippen molar-refractivity contribution in [3.8, 4) is 11.5 Å². The zero-order valence-corrected chi connectivity index (χ0v) is 21.7. The predicted octanol–water partition coefficient (Wildman–Crippen LogP) is 7.70. The minimum absolute atomic E-state index is 0.336. The van der Waals surface area contributed by atoms with Gasteiger partial charge in [0.25, 0.3) is 0 Å². The van der Waals surface area contributed by atoms with Crippen LogP contribution in [0.2, 0.25) is 0 Å².